The molecular weight excluding hydrogens is 388 g/mol. The Morgan fingerprint density at radius 2 is 1.55 bits per heavy atom. The first-order valence-electron chi connectivity index (χ1n) is 11.2. The lowest BCUT2D eigenvalue weighted by atomic mass is 9.77. The number of hydrogen-bond acceptors (Lipinski definition) is 4. The van der Waals surface area contributed by atoms with Crippen LogP contribution in [0.25, 0.3) is 10.8 Å². The predicted octanol–water partition coefficient (Wildman–Crippen LogP) is 6.80. The SMILES string of the molecule is C=C(C)C(=O)Oc1c2c(c(OC(=O)C(=C)C)c3ccccc13)C(CCCCC)CCC2. The number of esters is 2. The Bertz CT molecular complexity index is 1030. The highest BCUT2D eigenvalue weighted by Crippen LogP contribution is 2.50. The number of rotatable bonds is 8. The number of carbonyl (C=O) groups is 2. The highest BCUT2D eigenvalue weighted by Gasteiger charge is 2.31. The Balaban J connectivity index is 2.25. The summed E-state index contributed by atoms with van der Waals surface area (Å²) in [7, 11) is 0. The number of fused-ring (bicyclic) bond motifs is 2. The molecule has 1 aliphatic rings. The number of carbonyl (C=O) groups excluding carboxylic acids is 2. The van der Waals surface area contributed by atoms with E-state index in [4.69, 9.17) is 9.47 Å². The van der Waals surface area contributed by atoms with Gasteiger partial charge < -0.3 is 9.47 Å². The molecule has 2 aromatic carbocycles. The molecule has 31 heavy (non-hydrogen) atoms. The van der Waals surface area contributed by atoms with Crippen LogP contribution in [0.5, 0.6) is 11.5 Å². The van der Waals surface area contributed by atoms with Gasteiger partial charge in [0.2, 0.25) is 0 Å². The zero-order valence-electron chi connectivity index (χ0n) is 18.9. The van der Waals surface area contributed by atoms with Crippen molar-refractivity contribution in [3.05, 3.63) is 59.7 Å². The lowest BCUT2D eigenvalue weighted by molar-refractivity contribution is -0.131. The maximum Gasteiger partial charge on any atom is 0.338 e. The lowest BCUT2D eigenvalue weighted by Gasteiger charge is -2.30. The minimum absolute atomic E-state index is 0.259. The molecule has 1 unspecified atom stereocenters. The van der Waals surface area contributed by atoms with Crippen molar-refractivity contribution in [1.82, 2.24) is 0 Å². The molecular formula is C27H32O4. The molecule has 0 fully saturated rings. The maximum absolute atomic E-state index is 12.5. The molecule has 0 saturated heterocycles. The van der Waals surface area contributed by atoms with E-state index < -0.39 is 11.9 Å². The molecule has 1 atom stereocenters. The fourth-order valence-electron chi connectivity index (χ4n) is 4.31. The van der Waals surface area contributed by atoms with Crippen LogP contribution in [0.15, 0.2) is 48.6 Å². The number of benzene rings is 2. The van der Waals surface area contributed by atoms with E-state index in [9.17, 15) is 9.59 Å². The Hall–Kier alpha value is -2.88. The second kappa shape index (κ2) is 9.95. The minimum Gasteiger partial charge on any atom is -0.422 e. The summed E-state index contributed by atoms with van der Waals surface area (Å²) in [4.78, 5) is 25.0. The maximum atomic E-state index is 12.5. The third kappa shape index (κ3) is 4.90. The van der Waals surface area contributed by atoms with Gasteiger partial charge in [0.1, 0.15) is 11.5 Å². The van der Waals surface area contributed by atoms with Crippen molar-refractivity contribution in [1.29, 1.82) is 0 Å². The van der Waals surface area contributed by atoms with Crippen LogP contribution in [-0.2, 0) is 16.0 Å². The normalized spacial score (nSPS) is 15.3. The summed E-state index contributed by atoms with van der Waals surface area (Å²) in [5.41, 5.74) is 2.70. The predicted molar refractivity (Wildman–Crippen MR) is 125 cm³/mol. The van der Waals surface area contributed by atoms with Crippen molar-refractivity contribution in [3.63, 3.8) is 0 Å². The zero-order valence-corrected chi connectivity index (χ0v) is 18.9. The molecule has 4 heteroatoms. The number of hydrogen-bond donors (Lipinski definition) is 0. The Morgan fingerprint density at radius 3 is 2.13 bits per heavy atom. The largest absolute Gasteiger partial charge is 0.422 e. The van der Waals surface area contributed by atoms with Crippen LogP contribution in [0.1, 0.15) is 76.3 Å². The van der Waals surface area contributed by atoms with E-state index >= 15 is 0 Å². The molecule has 2 aromatic rings. The highest BCUT2D eigenvalue weighted by molar-refractivity contribution is 6.01. The second-order valence-electron chi connectivity index (χ2n) is 8.52. The van der Waals surface area contributed by atoms with Gasteiger partial charge in [-0.15, -0.1) is 0 Å². The summed E-state index contributed by atoms with van der Waals surface area (Å²) in [6.45, 7) is 13.0. The van der Waals surface area contributed by atoms with E-state index in [1.165, 1.54) is 0 Å². The van der Waals surface area contributed by atoms with Gasteiger partial charge in [-0.2, -0.15) is 0 Å². The molecule has 0 radical (unpaired) electrons. The molecule has 4 nitrogen and oxygen atoms in total. The van der Waals surface area contributed by atoms with Gasteiger partial charge in [-0.05, 0) is 45.4 Å². The average Bonchev–Trinajstić information content (AvgIpc) is 2.75. The van der Waals surface area contributed by atoms with E-state index in [1.807, 2.05) is 24.3 Å². The summed E-state index contributed by atoms with van der Waals surface area (Å²) in [6.07, 6.45) is 7.26. The van der Waals surface area contributed by atoms with E-state index in [0.717, 1.165) is 66.8 Å². The van der Waals surface area contributed by atoms with Crippen LogP contribution in [0.2, 0.25) is 0 Å². The third-order valence-corrected chi connectivity index (χ3v) is 5.89. The molecule has 0 bridgehead atoms. The van der Waals surface area contributed by atoms with E-state index in [0.29, 0.717) is 22.6 Å². The Labute approximate surface area is 184 Å². The molecule has 3 rings (SSSR count). The smallest absolute Gasteiger partial charge is 0.338 e. The summed E-state index contributed by atoms with van der Waals surface area (Å²) in [5.74, 6) is 0.558. The van der Waals surface area contributed by atoms with Crippen molar-refractivity contribution in [3.8, 4) is 11.5 Å². The standard InChI is InChI=1S/C27H32O4/c1-6-7-8-12-19-13-11-16-22-23(19)25(31-27(29)18(4)5)21-15-10-9-14-20(21)24(22)30-26(28)17(2)3/h9-10,14-15,19H,2,4,6-8,11-13,16H2,1,3,5H3. The fourth-order valence-corrected chi connectivity index (χ4v) is 4.31. The van der Waals surface area contributed by atoms with Gasteiger partial charge in [-0.1, -0.05) is 63.6 Å². The summed E-state index contributed by atoms with van der Waals surface area (Å²) < 4.78 is 11.8. The molecule has 0 saturated carbocycles. The van der Waals surface area contributed by atoms with E-state index in [1.54, 1.807) is 13.8 Å². The van der Waals surface area contributed by atoms with Gasteiger partial charge in [0.05, 0.1) is 0 Å². The van der Waals surface area contributed by atoms with Gasteiger partial charge in [0, 0.05) is 33.0 Å². The Kier molecular flexibility index (Phi) is 7.32. The zero-order chi connectivity index (χ0) is 22.5. The highest BCUT2D eigenvalue weighted by atomic mass is 16.5. The van der Waals surface area contributed by atoms with E-state index in [2.05, 4.69) is 20.1 Å². The van der Waals surface area contributed by atoms with Gasteiger partial charge in [-0.25, -0.2) is 9.59 Å². The van der Waals surface area contributed by atoms with Crippen molar-refractivity contribution in [2.75, 3.05) is 0 Å². The van der Waals surface area contributed by atoms with Gasteiger partial charge >= 0.3 is 11.9 Å². The molecule has 164 valence electrons. The van der Waals surface area contributed by atoms with Crippen LogP contribution in [0.3, 0.4) is 0 Å². The molecule has 0 amide bonds. The molecule has 0 spiro atoms. The topological polar surface area (TPSA) is 52.6 Å². The van der Waals surface area contributed by atoms with Crippen molar-refractivity contribution < 1.29 is 19.1 Å². The first kappa shape index (κ1) is 22.8. The first-order valence-corrected chi connectivity index (χ1v) is 11.2. The van der Waals surface area contributed by atoms with Gasteiger partial charge in [0.15, 0.2) is 0 Å². The molecule has 0 aliphatic heterocycles. The van der Waals surface area contributed by atoms with Crippen LogP contribution < -0.4 is 9.47 Å². The third-order valence-electron chi connectivity index (χ3n) is 5.89. The number of unbranched alkanes of at least 4 members (excludes halogenated alkanes) is 2. The van der Waals surface area contributed by atoms with Crippen LogP contribution in [0, 0.1) is 0 Å². The van der Waals surface area contributed by atoms with E-state index in [-0.39, 0.29) is 5.92 Å². The van der Waals surface area contributed by atoms with Crippen molar-refractivity contribution in [2.24, 2.45) is 0 Å². The summed E-state index contributed by atoms with van der Waals surface area (Å²) in [5, 5.41) is 1.55. The molecule has 1 aliphatic carbocycles. The summed E-state index contributed by atoms with van der Waals surface area (Å²) in [6, 6.07) is 7.65. The van der Waals surface area contributed by atoms with Crippen LogP contribution >= 0.6 is 0 Å². The molecule has 0 aromatic heterocycles. The minimum atomic E-state index is -0.438. The quantitative estimate of drug-likeness (QED) is 0.204. The van der Waals surface area contributed by atoms with Gasteiger partial charge in [-0.3, -0.25) is 0 Å². The lowest BCUT2D eigenvalue weighted by Crippen LogP contribution is -2.19. The number of ether oxygens (including phenoxy) is 2. The monoisotopic (exact) mass is 420 g/mol. The molecule has 0 heterocycles. The Morgan fingerprint density at radius 1 is 0.968 bits per heavy atom. The van der Waals surface area contributed by atoms with Crippen molar-refractivity contribution >= 4 is 22.7 Å². The summed E-state index contributed by atoms with van der Waals surface area (Å²) >= 11 is 0. The van der Waals surface area contributed by atoms with Gasteiger partial charge in [0.25, 0.3) is 0 Å². The fraction of sp³-hybridized carbons (Fsp3) is 0.407. The second-order valence-corrected chi connectivity index (χ2v) is 8.52. The average molecular weight is 421 g/mol. The van der Waals surface area contributed by atoms with Crippen LogP contribution in [-0.4, -0.2) is 11.9 Å². The van der Waals surface area contributed by atoms with Crippen molar-refractivity contribution in [2.45, 2.75) is 71.6 Å². The molecule has 0 N–H and O–H groups in total. The first-order chi connectivity index (χ1) is 14.8. The van der Waals surface area contributed by atoms with Crippen LogP contribution in [0.4, 0.5) is 0 Å².